The van der Waals surface area contributed by atoms with Crippen molar-refractivity contribution in [3.63, 3.8) is 0 Å². The second-order valence-electron chi connectivity index (χ2n) is 4.74. The van der Waals surface area contributed by atoms with Gasteiger partial charge < -0.3 is 4.90 Å². The van der Waals surface area contributed by atoms with Crippen molar-refractivity contribution in [2.24, 2.45) is 0 Å². The molecule has 0 N–H and O–H groups in total. The second-order valence-corrected chi connectivity index (χ2v) is 4.74. The molecule has 1 aromatic heterocycles. The summed E-state index contributed by atoms with van der Waals surface area (Å²) in [4.78, 5) is 18.4. The number of rotatable bonds is 1. The first kappa shape index (κ1) is 9.82. The Bertz CT molecular complexity index is 410. The minimum Gasteiger partial charge on any atom is -0.330 e. The maximum atomic E-state index is 12.2. The third kappa shape index (κ3) is 1.51. The summed E-state index contributed by atoms with van der Waals surface area (Å²) < 4.78 is 0. The second kappa shape index (κ2) is 3.89. The average Bonchev–Trinajstić information content (AvgIpc) is 2.69. The van der Waals surface area contributed by atoms with Crippen molar-refractivity contribution in [2.45, 2.75) is 44.7 Å². The minimum atomic E-state index is 0.141. The number of carbonyl (C=O) groups is 1. The number of nitrogens with zero attached hydrogens (tertiary/aromatic N) is 2. The molecule has 0 bridgehead atoms. The Morgan fingerprint density at radius 1 is 1.25 bits per heavy atom. The molecule has 1 aromatic rings. The molecule has 3 heteroatoms. The first-order chi connectivity index (χ1) is 7.86. The van der Waals surface area contributed by atoms with Crippen LogP contribution in [0.2, 0.25) is 0 Å². The predicted octanol–water partition coefficient (Wildman–Crippen LogP) is 2.37. The molecule has 3 nitrogen and oxygen atoms in total. The van der Waals surface area contributed by atoms with Crippen LogP contribution >= 0.6 is 0 Å². The van der Waals surface area contributed by atoms with Crippen LogP contribution in [0.4, 0.5) is 0 Å². The lowest BCUT2D eigenvalue weighted by atomic mass is 9.94. The Kier molecular flexibility index (Phi) is 2.39. The van der Waals surface area contributed by atoms with E-state index >= 15 is 0 Å². The third-order valence-electron chi connectivity index (χ3n) is 3.71. The molecule has 2 heterocycles. The van der Waals surface area contributed by atoms with Gasteiger partial charge in [0, 0.05) is 24.3 Å². The van der Waals surface area contributed by atoms with Crippen molar-refractivity contribution in [1.82, 2.24) is 9.88 Å². The summed E-state index contributed by atoms with van der Waals surface area (Å²) in [5.41, 5.74) is 1.77. The van der Waals surface area contributed by atoms with E-state index in [1.807, 2.05) is 17.0 Å². The van der Waals surface area contributed by atoms with Crippen molar-refractivity contribution in [1.29, 1.82) is 0 Å². The van der Waals surface area contributed by atoms with Crippen molar-refractivity contribution in [3.05, 3.63) is 29.6 Å². The molecule has 2 aliphatic rings. The molecule has 0 atom stereocenters. The van der Waals surface area contributed by atoms with Crippen LogP contribution in [0, 0.1) is 0 Å². The fraction of sp³-hybridized carbons (Fsp3) is 0.538. The van der Waals surface area contributed by atoms with E-state index in [9.17, 15) is 4.79 Å². The Balaban J connectivity index is 1.83. The van der Waals surface area contributed by atoms with Gasteiger partial charge >= 0.3 is 0 Å². The van der Waals surface area contributed by atoms with Gasteiger partial charge in [-0.1, -0.05) is 25.3 Å². The van der Waals surface area contributed by atoms with Crippen molar-refractivity contribution in [2.75, 3.05) is 0 Å². The molecule has 1 saturated carbocycles. The molecular formula is C13H16N2O. The molecule has 0 saturated heterocycles. The van der Waals surface area contributed by atoms with Crippen LogP contribution in [0.25, 0.3) is 0 Å². The molecule has 0 radical (unpaired) electrons. The zero-order valence-electron chi connectivity index (χ0n) is 9.35. The fourth-order valence-corrected chi connectivity index (χ4v) is 2.84. The van der Waals surface area contributed by atoms with Crippen molar-refractivity contribution < 1.29 is 4.79 Å². The van der Waals surface area contributed by atoms with Gasteiger partial charge in [0.15, 0.2) is 0 Å². The predicted molar refractivity (Wildman–Crippen MR) is 61.0 cm³/mol. The number of carbonyl (C=O) groups excluding carboxylic acids is 1. The first-order valence-electron chi connectivity index (χ1n) is 6.11. The van der Waals surface area contributed by atoms with Crippen LogP contribution in [0.5, 0.6) is 0 Å². The molecule has 84 valence electrons. The molecule has 0 unspecified atom stereocenters. The maximum absolute atomic E-state index is 12.2. The van der Waals surface area contributed by atoms with Gasteiger partial charge in [-0.3, -0.25) is 9.78 Å². The molecule has 1 aliphatic heterocycles. The maximum Gasteiger partial charge on any atom is 0.273 e. The smallest absolute Gasteiger partial charge is 0.273 e. The van der Waals surface area contributed by atoms with E-state index in [0.717, 1.165) is 12.1 Å². The van der Waals surface area contributed by atoms with E-state index in [1.54, 1.807) is 6.20 Å². The van der Waals surface area contributed by atoms with Crippen LogP contribution in [-0.2, 0) is 6.54 Å². The largest absolute Gasteiger partial charge is 0.330 e. The topological polar surface area (TPSA) is 33.2 Å². The number of pyridine rings is 1. The first-order valence-corrected chi connectivity index (χ1v) is 6.11. The summed E-state index contributed by atoms with van der Waals surface area (Å²) in [5.74, 6) is 0.141. The quantitative estimate of drug-likeness (QED) is 0.722. The number of hydrogen-bond acceptors (Lipinski definition) is 2. The zero-order valence-corrected chi connectivity index (χ0v) is 9.35. The van der Waals surface area contributed by atoms with Gasteiger partial charge in [0.05, 0.1) is 0 Å². The van der Waals surface area contributed by atoms with Gasteiger partial charge in [0.1, 0.15) is 5.69 Å². The Morgan fingerprint density at radius 2 is 2.06 bits per heavy atom. The van der Waals surface area contributed by atoms with Crippen LogP contribution < -0.4 is 0 Å². The number of aromatic nitrogens is 1. The SMILES string of the molecule is O=C1c2ncccc2CN1C1CCCCC1. The van der Waals surface area contributed by atoms with Crippen LogP contribution in [0.15, 0.2) is 18.3 Å². The number of fused-ring (bicyclic) bond motifs is 1. The lowest BCUT2D eigenvalue weighted by molar-refractivity contribution is 0.0656. The summed E-state index contributed by atoms with van der Waals surface area (Å²) in [5, 5.41) is 0. The molecule has 0 aromatic carbocycles. The molecule has 16 heavy (non-hydrogen) atoms. The summed E-state index contributed by atoms with van der Waals surface area (Å²) in [7, 11) is 0. The minimum absolute atomic E-state index is 0.141. The zero-order chi connectivity index (χ0) is 11.0. The Hall–Kier alpha value is -1.38. The molecular weight excluding hydrogens is 200 g/mol. The van der Waals surface area contributed by atoms with Gasteiger partial charge in [-0.25, -0.2) is 0 Å². The third-order valence-corrected chi connectivity index (χ3v) is 3.71. The number of amides is 1. The van der Waals surface area contributed by atoms with E-state index in [4.69, 9.17) is 0 Å². The van der Waals surface area contributed by atoms with E-state index in [0.29, 0.717) is 11.7 Å². The molecule has 0 spiro atoms. The van der Waals surface area contributed by atoms with E-state index in [1.165, 1.54) is 32.1 Å². The van der Waals surface area contributed by atoms with Gasteiger partial charge in [0.25, 0.3) is 5.91 Å². The van der Waals surface area contributed by atoms with Crippen molar-refractivity contribution in [3.8, 4) is 0 Å². The van der Waals surface area contributed by atoms with Crippen molar-refractivity contribution >= 4 is 5.91 Å². The van der Waals surface area contributed by atoms with Gasteiger partial charge in [-0.15, -0.1) is 0 Å². The Labute approximate surface area is 95.5 Å². The highest BCUT2D eigenvalue weighted by Gasteiger charge is 2.33. The molecule has 1 fully saturated rings. The molecule has 1 aliphatic carbocycles. The lowest BCUT2D eigenvalue weighted by Crippen LogP contribution is -2.36. The lowest BCUT2D eigenvalue weighted by Gasteiger charge is -2.30. The van der Waals surface area contributed by atoms with Crippen LogP contribution in [0.3, 0.4) is 0 Å². The Morgan fingerprint density at radius 3 is 2.81 bits per heavy atom. The summed E-state index contributed by atoms with van der Waals surface area (Å²) in [6.07, 6.45) is 7.89. The van der Waals surface area contributed by atoms with E-state index < -0.39 is 0 Å². The fourth-order valence-electron chi connectivity index (χ4n) is 2.84. The molecule has 3 rings (SSSR count). The summed E-state index contributed by atoms with van der Waals surface area (Å²) >= 11 is 0. The van der Waals surface area contributed by atoms with Gasteiger partial charge in [0.2, 0.25) is 0 Å². The summed E-state index contributed by atoms with van der Waals surface area (Å²) in [6, 6.07) is 4.38. The number of hydrogen-bond donors (Lipinski definition) is 0. The molecule has 1 amide bonds. The van der Waals surface area contributed by atoms with Crippen LogP contribution in [0.1, 0.15) is 48.2 Å². The standard InChI is InChI=1S/C13H16N2O/c16-13-12-10(5-4-8-14-12)9-15(13)11-6-2-1-3-7-11/h4-5,8,11H,1-3,6-7,9H2. The van der Waals surface area contributed by atoms with Gasteiger partial charge in [-0.05, 0) is 18.9 Å². The highest BCUT2D eigenvalue weighted by Crippen LogP contribution is 2.29. The van der Waals surface area contributed by atoms with E-state index in [2.05, 4.69) is 4.98 Å². The van der Waals surface area contributed by atoms with E-state index in [-0.39, 0.29) is 5.91 Å². The normalized spacial score (nSPS) is 21.2. The van der Waals surface area contributed by atoms with Crippen LogP contribution in [-0.4, -0.2) is 21.8 Å². The average molecular weight is 216 g/mol. The summed E-state index contributed by atoms with van der Waals surface area (Å²) in [6.45, 7) is 0.771. The monoisotopic (exact) mass is 216 g/mol. The van der Waals surface area contributed by atoms with Gasteiger partial charge in [-0.2, -0.15) is 0 Å². The highest BCUT2D eigenvalue weighted by atomic mass is 16.2. The highest BCUT2D eigenvalue weighted by molar-refractivity contribution is 5.96.